The first-order valence-electron chi connectivity index (χ1n) is 7.36. The van der Waals surface area contributed by atoms with Crippen LogP contribution in [0.25, 0.3) is 0 Å². The average Bonchev–Trinajstić information content (AvgIpc) is 2.59. The van der Waals surface area contributed by atoms with Gasteiger partial charge in [-0.3, -0.25) is 0 Å². The number of aryl methyl sites for hydroxylation is 1. The van der Waals surface area contributed by atoms with Gasteiger partial charge in [0.2, 0.25) is 0 Å². The Hall–Kier alpha value is -2.44. The van der Waals surface area contributed by atoms with Crippen molar-refractivity contribution in [1.29, 1.82) is 0 Å². The van der Waals surface area contributed by atoms with Crippen LogP contribution in [0, 0.1) is 0 Å². The molecule has 0 amide bonds. The van der Waals surface area contributed by atoms with Gasteiger partial charge in [0.1, 0.15) is 13.2 Å². The van der Waals surface area contributed by atoms with E-state index in [0.29, 0.717) is 13.1 Å². The molecule has 0 bridgehead atoms. The van der Waals surface area contributed by atoms with Crippen molar-refractivity contribution in [2.45, 2.75) is 13.3 Å². The number of ether oxygens (including phenoxy) is 4. The quantitative estimate of drug-likeness (QED) is 0.680. The number of benzene rings is 1. The first-order chi connectivity index (χ1) is 11.1. The molecule has 0 aliphatic carbocycles. The molecule has 0 fully saturated rings. The van der Waals surface area contributed by atoms with Crippen molar-refractivity contribution in [3.8, 4) is 0 Å². The smallest absolute Gasteiger partial charge is 0.438 e. The minimum atomic E-state index is -0.724. The van der Waals surface area contributed by atoms with E-state index < -0.39 is 12.3 Å². The summed E-state index contributed by atoms with van der Waals surface area (Å²) < 4.78 is 18.7. The summed E-state index contributed by atoms with van der Waals surface area (Å²) in [6, 6.07) is 8.01. The Morgan fingerprint density at radius 2 is 1.57 bits per heavy atom. The Morgan fingerprint density at radius 1 is 1.00 bits per heavy atom. The molecule has 1 rings (SSSR count). The number of methoxy groups -OCH3 is 2. The second-order valence-corrected chi connectivity index (χ2v) is 4.62. The summed E-state index contributed by atoms with van der Waals surface area (Å²) in [5, 5.41) is 0. The Bertz CT molecular complexity index is 483. The topological polar surface area (TPSA) is 74.3 Å². The Kier molecular flexibility index (Phi) is 8.34. The molecular weight excluding hydrogens is 302 g/mol. The van der Waals surface area contributed by atoms with E-state index >= 15 is 0 Å². The first-order valence-corrected chi connectivity index (χ1v) is 7.36. The molecule has 0 aromatic heterocycles. The molecule has 0 saturated heterocycles. The van der Waals surface area contributed by atoms with Crippen LogP contribution in [0.2, 0.25) is 0 Å². The van der Waals surface area contributed by atoms with Crippen LogP contribution in [0.5, 0.6) is 0 Å². The molecule has 0 unspecified atom stereocenters. The monoisotopic (exact) mass is 325 g/mol. The van der Waals surface area contributed by atoms with E-state index in [2.05, 4.69) is 22.5 Å². The van der Waals surface area contributed by atoms with Crippen molar-refractivity contribution in [2.24, 2.45) is 0 Å². The highest BCUT2D eigenvalue weighted by molar-refractivity contribution is 5.60. The summed E-state index contributed by atoms with van der Waals surface area (Å²) >= 11 is 0. The maximum atomic E-state index is 11.0. The lowest BCUT2D eigenvalue weighted by atomic mass is 10.1. The second kappa shape index (κ2) is 10.3. The molecule has 1 aromatic rings. The third kappa shape index (κ3) is 6.90. The van der Waals surface area contributed by atoms with E-state index in [0.717, 1.165) is 12.1 Å². The standard InChI is InChI=1S/C16H23NO6/c1-4-13-6-5-7-14(12-13)17(8-10-22-15(18)20-2)9-11-23-16(19)21-3/h5-7,12H,4,8-11H2,1-3H3. The molecule has 0 heterocycles. The molecule has 7 nitrogen and oxygen atoms in total. The fraction of sp³-hybridized carbons (Fsp3) is 0.500. The number of hydrogen-bond donors (Lipinski definition) is 0. The Morgan fingerprint density at radius 3 is 2.04 bits per heavy atom. The third-order valence-corrected chi connectivity index (χ3v) is 3.18. The lowest BCUT2D eigenvalue weighted by Gasteiger charge is -2.24. The van der Waals surface area contributed by atoms with Crippen molar-refractivity contribution < 1.29 is 28.5 Å². The zero-order chi connectivity index (χ0) is 17.1. The average molecular weight is 325 g/mol. The molecule has 0 spiro atoms. The molecule has 0 N–H and O–H groups in total. The Balaban J connectivity index is 2.66. The summed E-state index contributed by atoms with van der Waals surface area (Å²) in [4.78, 5) is 24.0. The first kappa shape index (κ1) is 18.6. The van der Waals surface area contributed by atoms with Gasteiger partial charge in [-0.15, -0.1) is 0 Å². The van der Waals surface area contributed by atoms with Crippen LogP contribution in [-0.4, -0.2) is 52.8 Å². The van der Waals surface area contributed by atoms with Gasteiger partial charge in [-0.2, -0.15) is 0 Å². The van der Waals surface area contributed by atoms with Crippen LogP contribution >= 0.6 is 0 Å². The van der Waals surface area contributed by atoms with Crippen LogP contribution in [0.1, 0.15) is 12.5 Å². The number of anilines is 1. The number of rotatable bonds is 8. The molecule has 1 aromatic carbocycles. The van der Waals surface area contributed by atoms with Crippen molar-refractivity contribution in [3.05, 3.63) is 29.8 Å². The fourth-order valence-electron chi connectivity index (χ4n) is 1.94. The zero-order valence-corrected chi connectivity index (χ0v) is 13.7. The summed E-state index contributed by atoms with van der Waals surface area (Å²) in [7, 11) is 2.52. The van der Waals surface area contributed by atoms with E-state index in [-0.39, 0.29) is 13.2 Å². The van der Waals surface area contributed by atoms with E-state index in [4.69, 9.17) is 9.47 Å². The summed E-state index contributed by atoms with van der Waals surface area (Å²) in [5.41, 5.74) is 2.15. The molecule has 0 aliphatic heterocycles. The van der Waals surface area contributed by atoms with Gasteiger partial charge in [0.15, 0.2) is 0 Å². The number of carbonyl (C=O) groups excluding carboxylic acids is 2. The number of nitrogens with zero attached hydrogens (tertiary/aromatic N) is 1. The van der Waals surface area contributed by atoms with Gasteiger partial charge in [-0.05, 0) is 24.1 Å². The second-order valence-electron chi connectivity index (χ2n) is 4.62. The molecule has 23 heavy (non-hydrogen) atoms. The van der Waals surface area contributed by atoms with E-state index in [9.17, 15) is 9.59 Å². The van der Waals surface area contributed by atoms with E-state index in [1.165, 1.54) is 19.8 Å². The summed E-state index contributed by atoms with van der Waals surface area (Å²) in [6.45, 7) is 3.31. The maximum absolute atomic E-state index is 11.0. The predicted molar refractivity (Wildman–Crippen MR) is 84.7 cm³/mol. The highest BCUT2D eigenvalue weighted by Crippen LogP contribution is 2.16. The van der Waals surface area contributed by atoms with Gasteiger partial charge in [0.05, 0.1) is 27.3 Å². The minimum Gasteiger partial charge on any atom is -0.438 e. The molecule has 0 aliphatic rings. The summed E-state index contributed by atoms with van der Waals surface area (Å²) in [6.07, 6.45) is -0.532. The van der Waals surface area contributed by atoms with Crippen LogP contribution in [0.4, 0.5) is 15.3 Å². The number of carbonyl (C=O) groups is 2. The van der Waals surface area contributed by atoms with Crippen molar-refractivity contribution in [1.82, 2.24) is 0 Å². The van der Waals surface area contributed by atoms with Gasteiger partial charge in [-0.1, -0.05) is 19.1 Å². The largest absolute Gasteiger partial charge is 0.508 e. The van der Waals surface area contributed by atoms with Crippen molar-refractivity contribution >= 4 is 18.0 Å². The third-order valence-electron chi connectivity index (χ3n) is 3.18. The van der Waals surface area contributed by atoms with Crippen LogP contribution in [-0.2, 0) is 25.4 Å². The van der Waals surface area contributed by atoms with E-state index in [1.807, 2.05) is 23.1 Å². The van der Waals surface area contributed by atoms with E-state index in [1.54, 1.807) is 0 Å². The normalized spacial score (nSPS) is 9.87. The molecule has 0 saturated carbocycles. The van der Waals surface area contributed by atoms with Gasteiger partial charge >= 0.3 is 12.3 Å². The lowest BCUT2D eigenvalue weighted by molar-refractivity contribution is 0.0717. The van der Waals surface area contributed by atoms with Crippen molar-refractivity contribution in [2.75, 3.05) is 45.4 Å². The molecule has 0 radical (unpaired) electrons. The SMILES string of the molecule is CCc1cccc(N(CCOC(=O)OC)CCOC(=O)OC)c1. The van der Waals surface area contributed by atoms with Crippen LogP contribution < -0.4 is 4.90 Å². The van der Waals surface area contributed by atoms with Crippen LogP contribution in [0.15, 0.2) is 24.3 Å². The van der Waals surface area contributed by atoms with Gasteiger partial charge in [0, 0.05) is 5.69 Å². The fourth-order valence-corrected chi connectivity index (χ4v) is 1.94. The minimum absolute atomic E-state index is 0.168. The molecular formula is C16H23NO6. The van der Waals surface area contributed by atoms with Crippen molar-refractivity contribution in [3.63, 3.8) is 0 Å². The Labute approximate surface area is 136 Å². The number of hydrogen-bond acceptors (Lipinski definition) is 7. The maximum Gasteiger partial charge on any atom is 0.508 e. The van der Waals surface area contributed by atoms with Gasteiger partial charge < -0.3 is 23.8 Å². The summed E-state index contributed by atoms with van der Waals surface area (Å²) in [5.74, 6) is 0. The predicted octanol–water partition coefficient (Wildman–Crippen LogP) is 2.62. The molecule has 128 valence electrons. The van der Waals surface area contributed by atoms with Gasteiger partial charge in [0.25, 0.3) is 0 Å². The van der Waals surface area contributed by atoms with Crippen LogP contribution in [0.3, 0.4) is 0 Å². The molecule has 0 atom stereocenters. The molecule has 7 heteroatoms. The lowest BCUT2D eigenvalue weighted by Crippen LogP contribution is -2.32. The van der Waals surface area contributed by atoms with Gasteiger partial charge in [-0.25, -0.2) is 9.59 Å². The highest BCUT2D eigenvalue weighted by atomic mass is 16.7. The zero-order valence-electron chi connectivity index (χ0n) is 13.7. The highest BCUT2D eigenvalue weighted by Gasteiger charge is 2.10.